The number of rotatable bonds is 8. The largest absolute Gasteiger partial charge is 0.416 e. The van der Waals surface area contributed by atoms with Crippen LogP contribution in [0.3, 0.4) is 0 Å². The summed E-state index contributed by atoms with van der Waals surface area (Å²) in [7, 11) is -4.04. The van der Waals surface area contributed by atoms with Crippen LogP contribution in [-0.2, 0) is 38.8 Å². The Morgan fingerprint density at radius 3 is 2.17 bits per heavy atom. The third-order valence-corrected chi connectivity index (χ3v) is 8.10. The van der Waals surface area contributed by atoms with Crippen LogP contribution in [0.4, 0.5) is 13.2 Å². The molecule has 0 aliphatic carbocycles. The van der Waals surface area contributed by atoms with Crippen molar-refractivity contribution >= 4 is 21.8 Å². The van der Waals surface area contributed by atoms with Gasteiger partial charge in [-0.05, 0) is 48.2 Å². The molecule has 1 atom stereocenters. The van der Waals surface area contributed by atoms with E-state index in [0.29, 0.717) is 5.56 Å². The molecule has 2 aromatic carbocycles. The third kappa shape index (κ3) is 6.64. The van der Waals surface area contributed by atoms with Gasteiger partial charge in [-0.25, -0.2) is 8.42 Å². The molecule has 1 aliphatic rings. The van der Waals surface area contributed by atoms with Crippen molar-refractivity contribution in [3.8, 4) is 0 Å². The highest BCUT2D eigenvalue weighted by Crippen LogP contribution is 2.29. The van der Waals surface area contributed by atoms with Crippen LogP contribution in [0.25, 0.3) is 0 Å². The van der Waals surface area contributed by atoms with E-state index < -0.39 is 33.7 Å². The molecule has 2 amide bonds. The molecule has 2 aromatic rings. The maximum atomic E-state index is 13.4. The molecule has 0 aromatic heterocycles. The van der Waals surface area contributed by atoms with Crippen molar-refractivity contribution in [3.05, 3.63) is 65.2 Å². The van der Waals surface area contributed by atoms with Crippen molar-refractivity contribution in [3.63, 3.8) is 0 Å². The van der Waals surface area contributed by atoms with Crippen molar-refractivity contribution in [2.75, 3.05) is 19.6 Å². The topological polar surface area (TPSA) is 86.8 Å². The van der Waals surface area contributed by atoms with Crippen LogP contribution < -0.4 is 5.32 Å². The Kier molecular flexibility index (Phi) is 8.78. The van der Waals surface area contributed by atoms with E-state index in [-0.39, 0.29) is 37.0 Å². The van der Waals surface area contributed by atoms with Crippen LogP contribution >= 0.6 is 0 Å². The minimum absolute atomic E-state index is 0.0552. The van der Waals surface area contributed by atoms with Crippen molar-refractivity contribution in [2.24, 2.45) is 0 Å². The fraction of sp³-hybridized carbons (Fsp3) is 0.440. The van der Waals surface area contributed by atoms with Crippen LogP contribution in [0.2, 0.25) is 0 Å². The summed E-state index contributed by atoms with van der Waals surface area (Å²) in [6, 6.07) is 9.72. The number of carbonyl (C=O) groups is 2. The van der Waals surface area contributed by atoms with Gasteiger partial charge in [0.1, 0.15) is 6.04 Å². The van der Waals surface area contributed by atoms with E-state index in [9.17, 15) is 31.2 Å². The number of piperazine rings is 1. The molecular weight excluding hydrogens is 495 g/mol. The fourth-order valence-electron chi connectivity index (χ4n) is 4.02. The molecule has 0 spiro atoms. The molecule has 3 rings (SSSR count). The van der Waals surface area contributed by atoms with E-state index in [1.807, 2.05) is 0 Å². The molecule has 0 radical (unpaired) electrons. The van der Waals surface area contributed by atoms with Crippen LogP contribution in [0.5, 0.6) is 0 Å². The van der Waals surface area contributed by atoms with Gasteiger partial charge in [-0.1, -0.05) is 37.6 Å². The SMILES string of the molecule is CCCCc1ccc(S(=O)(=O)N2CCN(C(C)=O)CC2C(=O)NCc2ccc(C(F)(F)F)cc2)cc1. The second kappa shape index (κ2) is 11.4. The lowest BCUT2D eigenvalue weighted by Gasteiger charge is -2.39. The molecule has 0 saturated carbocycles. The van der Waals surface area contributed by atoms with E-state index in [1.54, 1.807) is 12.1 Å². The molecule has 1 fully saturated rings. The minimum atomic E-state index is -4.47. The van der Waals surface area contributed by atoms with Crippen molar-refractivity contribution < 1.29 is 31.2 Å². The quantitative estimate of drug-likeness (QED) is 0.571. The van der Waals surface area contributed by atoms with Gasteiger partial charge in [-0.15, -0.1) is 0 Å². The van der Waals surface area contributed by atoms with Crippen LogP contribution in [0.1, 0.15) is 43.4 Å². The number of nitrogens with one attached hydrogen (secondary N) is 1. The minimum Gasteiger partial charge on any atom is -0.351 e. The maximum absolute atomic E-state index is 13.4. The number of halogens is 3. The second-order valence-electron chi connectivity index (χ2n) is 8.76. The molecule has 1 N–H and O–H groups in total. The van der Waals surface area contributed by atoms with Crippen LogP contribution in [0.15, 0.2) is 53.4 Å². The highest BCUT2D eigenvalue weighted by Gasteiger charge is 2.40. The summed E-state index contributed by atoms with van der Waals surface area (Å²) in [5.74, 6) is -0.920. The summed E-state index contributed by atoms with van der Waals surface area (Å²) in [5.41, 5.74) is 0.635. The van der Waals surface area contributed by atoms with Crippen LogP contribution in [-0.4, -0.2) is 55.1 Å². The molecule has 1 aliphatic heterocycles. The van der Waals surface area contributed by atoms with Gasteiger partial charge in [0, 0.05) is 33.1 Å². The zero-order chi connectivity index (χ0) is 26.5. The normalized spacial score (nSPS) is 17.1. The number of unbranched alkanes of at least 4 members (excludes halogenated alkanes) is 1. The molecule has 36 heavy (non-hydrogen) atoms. The van der Waals surface area contributed by atoms with Gasteiger partial charge in [0.15, 0.2) is 0 Å². The summed E-state index contributed by atoms with van der Waals surface area (Å²) in [6.07, 6.45) is -1.63. The van der Waals surface area contributed by atoms with E-state index in [2.05, 4.69) is 12.2 Å². The van der Waals surface area contributed by atoms with Gasteiger partial charge >= 0.3 is 6.18 Å². The van der Waals surface area contributed by atoms with Gasteiger partial charge in [-0.3, -0.25) is 9.59 Å². The number of benzene rings is 2. The van der Waals surface area contributed by atoms with Gasteiger partial charge in [-0.2, -0.15) is 17.5 Å². The third-order valence-electron chi connectivity index (χ3n) is 6.18. The predicted octanol–water partition coefficient (Wildman–Crippen LogP) is 3.59. The Morgan fingerprint density at radius 1 is 1.00 bits per heavy atom. The summed E-state index contributed by atoms with van der Waals surface area (Å²) in [4.78, 5) is 26.5. The Morgan fingerprint density at radius 2 is 1.61 bits per heavy atom. The standard InChI is InChI=1S/C25H30F3N3O4S/c1-3-4-5-19-8-12-22(13-9-19)36(34,35)31-15-14-30(18(2)32)17-23(31)24(33)29-16-20-6-10-21(11-7-20)25(26,27)28/h6-13,23H,3-5,14-17H2,1-2H3,(H,29,33). The van der Waals surface area contributed by atoms with Gasteiger partial charge in [0.2, 0.25) is 21.8 Å². The molecule has 1 heterocycles. The number of hydrogen-bond donors (Lipinski definition) is 1. The number of hydrogen-bond acceptors (Lipinski definition) is 4. The smallest absolute Gasteiger partial charge is 0.351 e. The van der Waals surface area contributed by atoms with E-state index in [0.717, 1.165) is 41.3 Å². The number of alkyl halides is 3. The van der Waals surface area contributed by atoms with E-state index >= 15 is 0 Å². The molecule has 1 saturated heterocycles. The number of carbonyl (C=O) groups excluding carboxylic acids is 2. The average molecular weight is 526 g/mol. The summed E-state index contributed by atoms with van der Waals surface area (Å²) < 4.78 is 66.3. The van der Waals surface area contributed by atoms with Crippen molar-refractivity contribution in [2.45, 2.75) is 56.8 Å². The molecule has 11 heteroatoms. The van der Waals surface area contributed by atoms with Crippen molar-refractivity contribution in [1.29, 1.82) is 0 Å². The molecular formula is C25H30F3N3O4S. The summed E-state index contributed by atoms with van der Waals surface area (Å²) in [6.45, 7) is 3.29. The lowest BCUT2D eigenvalue weighted by molar-refractivity contribution is -0.138. The molecule has 196 valence electrons. The number of aryl methyl sites for hydroxylation is 1. The van der Waals surface area contributed by atoms with Gasteiger partial charge in [0.05, 0.1) is 10.5 Å². The first kappa shape index (κ1) is 27.7. The van der Waals surface area contributed by atoms with Crippen molar-refractivity contribution in [1.82, 2.24) is 14.5 Å². The molecule has 7 nitrogen and oxygen atoms in total. The van der Waals surface area contributed by atoms with E-state index in [4.69, 9.17) is 0 Å². The first-order valence-electron chi connectivity index (χ1n) is 11.7. The van der Waals surface area contributed by atoms with Gasteiger partial charge in [0.25, 0.3) is 0 Å². The zero-order valence-electron chi connectivity index (χ0n) is 20.2. The highest BCUT2D eigenvalue weighted by atomic mass is 32.2. The number of nitrogens with zero attached hydrogens (tertiary/aromatic N) is 2. The summed E-state index contributed by atoms with van der Waals surface area (Å²) >= 11 is 0. The lowest BCUT2D eigenvalue weighted by atomic mass is 10.1. The van der Waals surface area contributed by atoms with Crippen LogP contribution in [0, 0.1) is 0 Å². The lowest BCUT2D eigenvalue weighted by Crippen LogP contribution is -2.61. The Balaban J connectivity index is 1.78. The fourth-order valence-corrected chi connectivity index (χ4v) is 5.59. The Hall–Kier alpha value is -2.92. The molecule has 1 unspecified atom stereocenters. The average Bonchev–Trinajstić information content (AvgIpc) is 2.85. The zero-order valence-corrected chi connectivity index (χ0v) is 21.0. The monoisotopic (exact) mass is 525 g/mol. The Labute approximate surface area is 209 Å². The first-order chi connectivity index (χ1) is 16.9. The van der Waals surface area contributed by atoms with Gasteiger partial charge < -0.3 is 10.2 Å². The number of sulfonamides is 1. The predicted molar refractivity (Wildman–Crippen MR) is 128 cm³/mol. The maximum Gasteiger partial charge on any atom is 0.416 e. The second-order valence-corrected chi connectivity index (χ2v) is 10.6. The highest BCUT2D eigenvalue weighted by molar-refractivity contribution is 7.89. The summed E-state index contributed by atoms with van der Waals surface area (Å²) in [5, 5.41) is 2.61. The Bertz CT molecular complexity index is 1170. The number of amides is 2. The van der Waals surface area contributed by atoms with E-state index in [1.165, 1.54) is 36.1 Å². The first-order valence-corrected chi connectivity index (χ1v) is 13.2. The molecule has 0 bridgehead atoms.